The van der Waals surface area contributed by atoms with Gasteiger partial charge in [-0.2, -0.15) is 0 Å². The molecular weight excluding hydrogens is 757 g/mol. The third-order valence-electron chi connectivity index (χ3n) is 12.4. The van der Waals surface area contributed by atoms with Gasteiger partial charge in [-0.15, -0.1) is 0 Å². The molecule has 0 atom stereocenters. The van der Waals surface area contributed by atoms with Gasteiger partial charge in [-0.05, 0) is 63.7 Å². The van der Waals surface area contributed by atoms with E-state index in [4.69, 9.17) is 19.4 Å². The molecule has 62 heavy (non-hydrogen) atoms. The van der Waals surface area contributed by atoms with Crippen molar-refractivity contribution in [2.24, 2.45) is 0 Å². The first-order valence-corrected chi connectivity index (χ1v) is 20.9. The van der Waals surface area contributed by atoms with Crippen LogP contribution in [0.1, 0.15) is 0 Å². The van der Waals surface area contributed by atoms with Gasteiger partial charge < -0.3 is 8.98 Å². The molecule has 13 aromatic rings. The van der Waals surface area contributed by atoms with Crippen LogP contribution in [0.5, 0.6) is 0 Å². The Morgan fingerprint density at radius 1 is 0.355 bits per heavy atom. The standard InChI is InChI=1S/C57H34N4O/c1-3-15-35(16-4-1)40-24-13-26-45-49(61-50-34-39-21-8-7-20-38(39)33-48(50)43-30-29-36-17-9-10-22-41(36)53(43)61)32-31-46(52(40)45)56-58-55(37-18-5-2-6-19-37)59-57(60-56)47-27-14-25-44-42-23-11-12-28-51(42)62-54(44)47/h1-34H. The molecule has 0 aliphatic carbocycles. The number of benzene rings is 10. The molecule has 0 aliphatic heterocycles. The van der Waals surface area contributed by atoms with E-state index < -0.39 is 0 Å². The molecule has 5 heteroatoms. The van der Waals surface area contributed by atoms with Crippen molar-refractivity contribution < 1.29 is 4.42 Å². The van der Waals surface area contributed by atoms with Crippen LogP contribution in [0.3, 0.4) is 0 Å². The normalized spacial score (nSPS) is 11.9. The molecule has 0 saturated heterocycles. The Bertz CT molecular complexity index is 3920. The summed E-state index contributed by atoms with van der Waals surface area (Å²) in [5.41, 5.74) is 9.83. The summed E-state index contributed by atoms with van der Waals surface area (Å²) in [5.74, 6) is 1.73. The highest BCUT2D eigenvalue weighted by atomic mass is 16.3. The Morgan fingerprint density at radius 2 is 0.968 bits per heavy atom. The number of nitrogens with zero attached hydrogens (tertiary/aromatic N) is 4. The summed E-state index contributed by atoms with van der Waals surface area (Å²) in [6.07, 6.45) is 0. The lowest BCUT2D eigenvalue weighted by atomic mass is 9.93. The van der Waals surface area contributed by atoms with E-state index in [0.717, 1.165) is 71.7 Å². The number of fused-ring (bicyclic) bond motifs is 10. The highest BCUT2D eigenvalue weighted by molar-refractivity contribution is 6.22. The molecule has 0 spiro atoms. The van der Waals surface area contributed by atoms with Crippen molar-refractivity contribution in [3.8, 4) is 51.0 Å². The summed E-state index contributed by atoms with van der Waals surface area (Å²) < 4.78 is 9.04. The number of aromatic nitrogens is 4. The van der Waals surface area contributed by atoms with Crippen LogP contribution in [0.25, 0.3) is 127 Å². The zero-order chi connectivity index (χ0) is 40.7. The van der Waals surface area contributed by atoms with E-state index in [2.05, 4.69) is 168 Å². The fourth-order valence-corrected chi connectivity index (χ4v) is 9.60. The van der Waals surface area contributed by atoms with Crippen LogP contribution in [-0.4, -0.2) is 19.5 Å². The molecule has 0 saturated carbocycles. The Hall–Kier alpha value is -8.41. The van der Waals surface area contributed by atoms with Crippen molar-refractivity contribution in [1.82, 2.24) is 19.5 Å². The van der Waals surface area contributed by atoms with E-state index in [0.29, 0.717) is 17.5 Å². The third kappa shape index (κ3) is 5.25. The Kier molecular flexibility index (Phi) is 7.54. The molecule has 0 unspecified atom stereocenters. The maximum Gasteiger partial charge on any atom is 0.167 e. The number of furan rings is 1. The second-order valence-corrected chi connectivity index (χ2v) is 15.9. The third-order valence-corrected chi connectivity index (χ3v) is 12.4. The molecule has 0 N–H and O–H groups in total. The molecule has 0 fully saturated rings. The predicted octanol–water partition coefficient (Wildman–Crippen LogP) is 15.0. The van der Waals surface area contributed by atoms with Crippen molar-refractivity contribution in [3.63, 3.8) is 0 Å². The van der Waals surface area contributed by atoms with Gasteiger partial charge >= 0.3 is 0 Å². The number of rotatable bonds is 5. The van der Waals surface area contributed by atoms with Crippen molar-refractivity contribution in [2.45, 2.75) is 0 Å². The molecule has 3 aromatic heterocycles. The Labute approximate surface area is 355 Å². The van der Waals surface area contributed by atoms with E-state index in [9.17, 15) is 0 Å². The summed E-state index contributed by atoms with van der Waals surface area (Å²) in [6.45, 7) is 0. The number of hydrogen-bond donors (Lipinski definition) is 0. The first-order chi connectivity index (χ1) is 30.7. The fraction of sp³-hybridized carbons (Fsp3) is 0. The minimum atomic E-state index is 0.550. The highest BCUT2D eigenvalue weighted by Crippen LogP contribution is 2.44. The summed E-state index contributed by atoms with van der Waals surface area (Å²) in [7, 11) is 0. The van der Waals surface area contributed by atoms with Crippen LogP contribution < -0.4 is 0 Å². The van der Waals surface area contributed by atoms with Gasteiger partial charge in [0.1, 0.15) is 11.2 Å². The maximum absolute atomic E-state index is 6.56. The van der Waals surface area contributed by atoms with Gasteiger partial charge in [-0.25, -0.2) is 15.0 Å². The highest BCUT2D eigenvalue weighted by Gasteiger charge is 2.23. The summed E-state index contributed by atoms with van der Waals surface area (Å²) in [6, 6.07) is 72.9. The summed E-state index contributed by atoms with van der Waals surface area (Å²) in [4.78, 5) is 15.9. The van der Waals surface area contributed by atoms with Gasteiger partial charge in [0.15, 0.2) is 17.5 Å². The Morgan fingerprint density at radius 3 is 1.77 bits per heavy atom. The quantitative estimate of drug-likeness (QED) is 0.174. The summed E-state index contributed by atoms with van der Waals surface area (Å²) in [5, 5.41) is 11.5. The molecule has 5 nitrogen and oxygen atoms in total. The largest absolute Gasteiger partial charge is 0.455 e. The van der Waals surface area contributed by atoms with Crippen LogP contribution in [0.15, 0.2) is 211 Å². The lowest BCUT2D eigenvalue weighted by Gasteiger charge is -2.18. The minimum Gasteiger partial charge on any atom is -0.455 e. The van der Waals surface area contributed by atoms with Crippen LogP contribution in [0.4, 0.5) is 0 Å². The lowest BCUT2D eigenvalue weighted by molar-refractivity contribution is 0.669. The van der Waals surface area contributed by atoms with Crippen LogP contribution in [0, 0.1) is 0 Å². The zero-order valence-electron chi connectivity index (χ0n) is 33.3. The SMILES string of the molecule is c1ccc(-c2nc(-c3cccc4c3oc3ccccc34)nc(-c3ccc(-n4c5cc6ccccc6cc5c5ccc6ccccc6c54)c4cccc(-c5ccccc5)c34)n2)cc1. The predicted molar refractivity (Wildman–Crippen MR) is 256 cm³/mol. The van der Waals surface area contributed by atoms with Gasteiger partial charge in [0.2, 0.25) is 0 Å². The number of hydrogen-bond acceptors (Lipinski definition) is 4. The summed E-state index contributed by atoms with van der Waals surface area (Å²) >= 11 is 0. The average molecular weight is 791 g/mol. The minimum absolute atomic E-state index is 0.550. The van der Waals surface area contributed by atoms with Gasteiger partial charge in [-0.3, -0.25) is 0 Å². The average Bonchev–Trinajstić information content (AvgIpc) is 3.89. The first kappa shape index (κ1) is 34.5. The smallest absolute Gasteiger partial charge is 0.167 e. The first-order valence-electron chi connectivity index (χ1n) is 20.9. The van der Waals surface area contributed by atoms with Gasteiger partial charge in [0, 0.05) is 48.8 Å². The molecule has 0 aliphatic rings. The van der Waals surface area contributed by atoms with Gasteiger partial charge in [0.05, 0.1) is 22.3 Å². The van der Waals surface area contributed by atoms with E-state index in [-0.39, 0.29) is 0 Å². The molecule has 0 amide bonds. The second kappa shape index (κ2) is 13.6. The van der Waals surface area contributed by atoms with Crippen molar-refractivity contribution >= 4 is 76.1 Å². The van der Waals surface area contributed by atoms with Crippen LogP contribution in [0.2, 0.25) is 0 Å². The van der Waals surface area contributed by atoms with Crippen molar-refractivity contribution in [2.75, 3.05) is 0 Å². The van der Waals surface area contributed by atoms with E-state index >= 15 is 0 Å². The van der Waals surface area contributed by atoms with Crippen molar-refractivity contribution in [3.05, 3.63) is 206 Å². The zero-order valence-corrected chi connectivity index (χ0v) is 33.3. The van der Waals surface area contributed by atoms with Crippen molar-refractivity contribution in [1.29, 1.82) is 0 Å². The van der Waals surface area contributed by atoms with Crippen LogP contribution in [-0.2, 0) is 0 Å². The topological polar surface area (TPSA) is 56.7 Å². The van der Waals surface area contributed by atoms with Gasteiger partial charge in [-0.1, -0.05) is 170 Å². The molecule has 13 rings (SSSR count). The fourth-order valence-electron chi connectivity index (χ4n) is 9.60. The van der Waals surface area contributed by atoms with E-state index in [1.165, 1.54) is 37.8 Å². The molecule has 288 valence electrons. The molecular formula is C57H34N4O. The second-order valence-electron chi connectivity index (χ2n) is 15.9. The molecule has 0 bridgehead atoms. The van der Waals surface area contributed by atoms with E-state index in [1.54, 1.807) is 0 Å². The molecule has 0 radical (unpaired) electrons. The maximum atomic E-state index is 6.56. The van der Waals surface area contributed by atoms with Crippen LogP contribution >= 0.6 is 0 Å². The molecule has 3 heterocycles. The van der Waals surface area contributed by atoms with Gasteiger partial charge in [0.25, 0.3) is 0 Å². The molecule has 10 aromatic carbocycles. The van der Waals surface area contributed by atoms with E-state index in [1.807, 2.05) is 42.5 Å². The lowest BCUT2D eigenvalue weighted by Crippen LogP contribution is -2.02. The number of para-hydroxylation sites is 2. The monoisotopic (exact) mass is 790 g/mol. The Balaban J connectivity index is 1.15.